The van der Waals surface area contributed by atoms with Crippen molar-refractivity contribution < 1.29 is 9.63 Å². The van der Waals surface area contributed by atoms with Gasteiger partial charge in [-0.1, -0.05) is 35.0 Å². The maximum Gasteiger partial charge on any atom is 0.137 e. The van der Waals surface area contributed by atoms with Crippen molar-refractivity contribution in [1.82, 2.24) is 5.16 Å². The van der Waals surface area contributed by atoms with Gasteiger partial charge in [0.15, 0.2) is 0 Å². The van der Waals surface area contributed by atoms with Gasteiger partial charge < -0.3 is 9.63 Å². The largest absolute Gasteiger partial charge is 0.396 e. The van der Waals surface area contributed by atoms with Gasteiger partial charge in [0.1, 0.15) is 11.5 Å². The molecule has 2 aromatic rings. The molecule has 1 aromatic heterocycles. The highest BCUT2D eigenvalue weighted by molar-refractivity contribution is 6.33. The Morgan fingerprint density at radius 3 is 2.88 bits per heavy atom. The van der Waals surface area contributed by atoms with E-state index in [2.05, 4.69) is 5.16 Å². The van der Waals surface area contributed by atoms with E-state index in [0.29, 0.717) is 17.9 Å². The Morgan fingerprint density at radius 2 is 2.12 bits per heavy atom. The van der Waals surface area contributed by atoms with E-state index < -0.39 is 0 Å². The summed E-state index contributed by atoms with van der Waals surface area (Å²) in [5, 5.41) is 13.3. The summed E-state index contributed by atoms with van der Waals surface area (Å²) >= 11 is 6.05. The van der Waals surface area contributed by atoms with Crippen LogP contribution in [0.2, 0.25) is 5.02 Å². The molecular weight excluding hydrogens is 226 g/mol. The van der Waals surface area contributed by atoms with E-state index in [4.69, 9.17) is 21.2 Å². The first-order valence-corrected chi connectivity index (χ1v) is 5.50. The Labute approximate surface area is 98.6 Å². The van der Waals surface area contributed by atoms with Crippen molar-refractivity contribution in [2.24, 2.45) is 0 Å². The first-order valence-electron chi connectivity index (χ1n) is 5.12. The fraction of sp³-hybridized carbons (Fsp3) is 0.250. The fourth-order valence-corrected chi connectivity index (χ4v) is 1.71. The molecule has 0 bridgehead atoms. The molecule has 2 rings (SSSR count). The lowest BCUT2D eigenvalue weighted by molar-refractivity contribution is 0.280. The Hall–Kier alpha value is -1.32. The molecule has 0 aliphatic rings. The molecule has 0 spiro atoms. The van der Waals surface area contributed by atoms with Gasteiger partial charge >= 0.3 is 0 Å². The third-order valence-corrected chi connectivity index (χ3v) is 2.62. The average Bonchev–Trinajstić information content (AvgIpc) is 2.75. The van der Waals surface area contributed by atoms with E-state index in [1.54, 1.807) is 0 Å². The normalized spacial score (nSPS) is 10.6. The van der Waals surface area contributed by atoms with Crippen LogP contribution in [0.4, 0.5) is 0 Å². The highest BCUT2D eigenvalue weighted by Gasteiger charge is 2.08. The number of halogens is 1. The van der Waals surface area contributed by atoms with Crippen LogP contribution in [0.15, 0.2) is 34.9 Å². The number of benzene rings is 1. The highest BCUT2D eigenvalue weighted by Crippen LogP contribution is 2.27. The summed E-state index contributed by atoms with van der Waals surface area (Å²) in [6.45, 7) is 0.155. The minimum Gasteiger partial charge on any atom is -0.396 e. The zero-order valence-corrected chi connectivity index (χ0v) is 9.44. The van der Waals surface area contributed by atoms with Gasteiger partial charge in [0.2, 0.25) is 0 Å². The van der Waals surface area contributed by atoms with Gasteiger partial charge in [0.25, 0.3) is 0 Å². The molecule has 84 valence electrons. The second kappa shape index (κ2) is 5.14. The van der Waals surface area contributed by atoms with E-state index >= 15 is 0 Å². The molecule has 4 heteroatoms. The Morgan fingerprint density at radius 1 is 1.31 bits per heavy atom. The zero-order chi connectivity index (χ0) is 11.4. The molecule has 16 heavy (non-hydrogen) atoms. The van der Waals surface area contributed by atoms with Crippen LogP contribution >= 0.6 is 11.6 Å². The maximum atomic E-state index is 8.71. The monoisotopic (exact) mass is 237 g/mol. The summed E-state index contributed by atoms with van der Waals surface area (Å²) in [5.41, 5.74) is 1.60. The molecular formula is C12H12ClNO2. The van der Waals surface area contributed by atoms with Crippen molar-refractivity contribution in [3.63, 3.8) is 0 Å². The lowest BCUT2D eigenvalue weighted by Gasteiger charge is -1.96. The predicted octanol–water partition coefficient (Wildman–Crippen LogP) is 2.92. The molecule has 0 fully saturated rings. The van der Waals surface area contributed by atoms with Crippen molar-refractivity contribution in [3.05, 3.63) is 41.1 Å². The molecule has 3 nitrogen and oxygen atoms in total. The van der Waals surface area contributed by atoms with Crippen molar-refractivity contribution in [1.29, 1.82) is 0 Å². The van der Waals surface area contributed by atoms with Crippen LogP contribution in [0.1, 0.15) is 12.2 Å². The van der Waals surface area contributed by atoms with Crippen molar-refractivity contribution in [2.75, 3.05) is 6.61 Å². The number of aromatic nitrogens is 1. The number of nitrogens with zero attached hydrogens (tertiary/aromatic N) is 1. The molecule has 0 atom stereocenters. The van der Waals surface area contributed by atoms with Gasteiger partial charge in [0, 0.05) is 24.7 Å². The summed E-state index contributed by atoms with van der Waals surface area (Å²) in [5.74, 6) is 0.768. The second-order valence-electron chi connectivity index (χ2n) is 3.49. The van der Waals surface area contributed by atoms with Crippen LogP contribution in [-0.2, 0) is 6.42 Å². The van der Waals surface area contributed by atoms with Crippen molar-refractivity contribution in [3.8, 4) is 11.3 Å². The third kappa shape index (κ3) is 2.43. The number of hydrogen-bond acceptors (Lipinski definition) is 3. The second-order valence-corrected chi connectivity index (χ2v) is 3.89. The van der Waals surface area contributed by atoms with Gasteiger partial charge in [0.05, 0.1) is 5.02 Å². The Kier molecular flexibility index (Phi) is 3.59. The standard InChI is InChI=1S/C12H12ClNO2/c13-11-6-2-1-5-10(11)12-8-9(16-14-12)4-3-7-15/h1-2,5-6,8,15H,3-4,7H2. The number of aliphatic hydroxyl groups excluding tert-OH is 1. The van der Waals surface area contributed by atoms with Gasteiger partial charge in [-0.15, -0.1) is 0 Å². The molecule has 1 aromatic carbocycles. The van der Waals surface area contributed by atoms with E-state index in [0.717, 1.165) is 17.0 Å². The number of aryl methyl sites for hydroxylation is 1. The molecule has 0 amide bonds. The molecule has 1 heterocycles. The topological polar surface area (TPSA) is 46.3 Å². The summed E-state index contributed by atoms with van der Waals surface area (Å²) in [4.78, 5) is 0. The third-order valence-electron chi connectivity index (χ3n) is 2.29. The zero-order valence-electron chi connectivity index (χ0n) is 8.69. The number of hydrogen-bond donors (Lipinski definition) is 1. The molecule has 0 radical (unpaired) electrons. The summed E-state index contributed by atoms with van der Waals surface area (Å²) in [6, 6.07) is 9.35. The molecule has 0 aliphatic carbocycles. The number of rotatable bonds is 4. The molecule has 1 N–H and O–H groups in total. The van der Waals surface area contributed by atoms with Crippen LogP contribution in [0.5, 0.6) is 0 Å². The van der Waals surface area contributed by atoms with Crippen LogP contribution in [0, 0.1) is 0 Å². The lowest BCUT2D eigenvalue weighted by atomic mass is 10.1. The summed E-state index contributed by atoms with van der Waals surface area (Å²) in [7, 11) is 0. The molecule has 0 unspecified atom stereocenters. The van der Waals surface area contributed by atoms with Crippen LogP contribution < -0.4 is 0 Å². The van der Waals surface area contributed by atoms with Crippen molar-refractivity contribution in [2.45, 2.75) is 12.8 Å². The smallest absolute Gasteiger partial charge is 0.137 e. The first-order chi connectivity index (χ1) is 7.81. The molecule has 0 aliphatic heterocycles. The van der Waals surface area contributed by atoms with Crippen LogP contribution in [0.3, 0.4) is 0 Å². The summed E-state index contributed by atoms with van der Waals surface area (Å²) in [6.07, 6.45) is 1.37. The Balaban J connectivity index is 2.22. The van der Waals surface area contributed by atoms with E-state index in [1.807, 2.05) is 30.3 Å². The van der Waals surface area contributed by atoms with Gasteiger partial charge in [-0.3, -0.25) is 0 Å². The SMILES string of the molecule is OCCCc1cc(-c2ccccc2Cl)no1. The Bertz CT molecular complexity index is 468. The predicted molar refractivity (Wildman–Crippen MR) is 62.4 cm³/mol. The van der Waals surface area contributed by atoms with Gasteiger partial charge in [-0.2, -0.15) is 0 Å². The number of aliphatic hydroxyl groups is 1. The fourth-order valence-electron chi connectivity index (χ4n) is 1.48. The minimum absolute atomic E-state index is 0.155. The van der Waals surface area contributed by atoms with Gasteiger partial charge in [-0.05, 0) is 12.5 Å². The van der Waals surface area contributed by atoms with E-state index in [1.165, 1.54) is 0 Å². The average molecular weight is 238 g/mol. The molecule has 0 saturated carbocycles. The lowest BCUT2D eigenvalue weighted by Crippen LogP contribution is -1.86. The quantitative estimate of drug-likeness (QED) is 0.889. The first kappa shape index (κ1) is 11.2. The molecule has 0 saturated heterocycles. The van der Waals surface area contributed by atoms with Crippen molar-refractivity contribution >= 4 is 11.6 Å². The van der Waals surface area contributed by atoms with Crippen LogP contribution in [0.25, 0.3) is 11.3 Å². The van der Waals surface area contributed by atoms with E-state index in [9.17, 15) is 0 Å². The summed E-state index contributed by atoms with van der Waals surface area (Å²) < 4.78 is 5.16. The maximum absolute atomic E-state index is 8.71. The van der Waals surface area contributed by atoms with E-state index in [-0.39, 0.29) is 6.61 Å². The minimum atomic E-state index is 0.155. The van der Waals surface area contributed by atoms with Gasteiger partial charge in [-0.25, -0.2) is 0 Å². The highest BCUT2D eigenvalue weighted by atomic mass is 35.5. The van der Waals surface area contributed by atoms with Crippen LogP contribution in [-0.4, -0.2) is 16.9 Å².